The van der Waals surface area contributed by atoms with Crippen LogP contribution in [0, 0.1) is 6.92 Å². The van der Waals surface area contributed by atoms with Gasteiger partial charge in [-0.15, -0.1) is 12.4 Å². The second kappa shape index (κ2) is 8.73. The van der Waals surface area contributed by atoms with Crippen LogP contribution in [0.1, 0.15) is 18.9 Å². The first-order valence-electron chi connectivity index (χ1n) is 7.05. The maximum absolute atomic E-state index is 12.0. The van der Waals surface area contributed by atoms with E-state index in [1.54, 1.807) is 6.07 Å². The van der Waals surface area contributed by atoms with Gasteiger partial charge in [-0.05, 0) is 24.6 Å². The standard InChI is InChI=1S/C15H21N3O3.ClH/c1-10-3-4-12(7-14(10)17-11(2)19)18-15(20)8-13-9-16-5-6-21-13;/h3-4,7,13,16H,5-6,8-9H2,1-2H3,(H,17,19)(H,18,20);1H. The summed E-state index contributed by atoms with van der Waals surface area (Å²) < 4.78 is 5.50. The molecule has 0 spiro atoms. The summed E-state index contributed by atoms with van der Waals surface area (Å²) in [5.74, 6) is -0.232. The van der Waals surface area contributed by atoms with Gasteiger partial charge in [0.05, 0.1) is 19.1 Å². The summed E-state index contributed by atoms with van der Waals surface area (Å²) in [7, 11) is 0. The Labute approximate surface area is 136 Å². The van der Waals surface area contributed by atoms with Crippen LogP contribution in [0.5, 0.6) is 0 Å². The van der Waals surface area contributed by atoms with Crippen LogP contribution < -0.4 is 16.0 Å². The number of carbonyl (C=O) groups excluding carboxylic acids is 2. The SMILES string of the molecule is CC(=O)Nc1cc(NC(=O)CC2CNCCO2)ccc1C.Cl. The van der Waals surface area contributed by atoms with E-state index < -0.39 is 0 Å². The number of rotatable bonds is 4. The first-order chi connectivity index (χ1) is 10.0. The van der Waals surface area contributed by atoms with Crippen molar-refractivity contribution in [1.82, 2.24) is 5.32 Å². The molecule has 1 aliphatic rings. The summed E-state index contributed by atoms with van der Waals surface area (Å²) in [4.78, 5) is 23.1. The maximum Gasteiger partial charge on any atom is 0.227 e. The number of benzene rings is 1. The molecule has 7 heteroatoms. The van der Waals surface area contributed by atoms with Gasteiger partial charge < -0.3 is 20.7 Å². The molecule has 1 aromatic rings. The van der Waals surface area contributed by atoms with Gasteiger partial charge in [0.15, 0.2) is 0 Å². The molecule has 6 nitrogen and oxygen atoms in total. The smallest absolute Gasteiger partial charge is 0.227 e. The van der Waals surface area contributed by atoms with E-state index in [2.05, 4.69) is 16.0 Å². The molecule has 1 saturated heterocycles. The highest BCUT2D eigenvalue weighted by Crippen LogP contribution is 2.20. The summed E-state index contributed by atoms with van der Waals surface area (Å²) in [5, 5.41) is 8.76. The highest BCUT2D eigenvalue weighted by molar-refractivity contribution is 5.94. The zero-order chi connectivity index (χ0) is 15.2. The Morgan fingerprint density at radius 2 is 2.14 bits per heavy atom. The van der Waals surface area contributed by atoms with Crippen molar-refractivity contribution in [1.29, 1.82) is 0 Å². The zero-order valence-electron chi connectivity index (χ0n) is 12.8. The maximum atomic E-state index is 12.0. The number of halogens is 1. The highest BCUT2D eigenvalue weighted by atomic mass is 35.5. The summed E-state index contributed by atoms with van der Waals surface area (Å²) >= 11 is 0. The lowest BCUT2D eigenvalue weighted by atomic mass is 10.1. The van der Waals surface area contributed by atoms with Gasteiger partial charge in [-0.2, -0.15) is 0 Å². The molecule has 3 N–H and O–H groups in total. The molecule has 2 amide bonds. The van der Waals surface area contributed by atoms with Crippen molar-refractivity contribution in [2.24, 2.45) is 0 Å². The van der Waals surface area contributed by atoms with Crippen molar-refractivity contribution in [3.05, 3.63) is 23.8 Å². The number of carbonyl (C=O) groups is 2. The molecule has 0 saturated carbocycles. The van der Waals surface area contributed by atoms with Gasteiger partial charge in [0.2, 0.25) is 11.8 Å². The number of nitrogens with one attached hydrogen (secondary N) is 3. The van der Waals surface area contributed by atoms with E-state index in [0.29, 0.717) is 30.9 Å². The Morgan fingerprint density at radius 3 is 2.77 bits per heavy atom. The third-order valence-electron chi connectivity index (χ3n) is 3.25. The molecule has 2 rings (SSSR count). The fraction of sp³-hybridized carbons (Fsp3) is 0.467. The molecular weight excluding hydrogens is 306 g/mol. The van der Waals surface area contributed by atoms with E-state index >= 15 is 0 Å². The number of morpholine rings is 1. The molecule has 0 aromatic heterocycles. The van der Waals surface area contributed by atoms with Gasteiger partial charge in [-0.1, -0.05) is 6.07 Å². The molecule has 22 heavy (non-hydrogen) atoms. The Hall–Kier alpha value is -1.63. The Bertz CT molecular complexity index is 531. The molecule has 1 fully saturated rings. The van der Waals surface area contributed by atoms with Crippen LogP contribution in [-0.2, 0) is 14.3 Å². The van der Waals surface area contributed by atoms with Crippen LogP contribution in [-0.4, -0.2) is 37.6 Å². The number of ether oxygens (including phenoxy) is 1. The fourth-order valence-corrected chi connectivity index (χ4v) is 2.19. The first-order valence-corrected chi connectivity index (χ1v) is 7.05. The number of amides is 2. The first kappa shape index (κ1) is 18.4. The molecule has 1 unspecified atom stereocenters. The van der Waals surface area contributed by atoms with Gasteiger partial charge in [-0.25, -0.2) is 0 Å². The third kappa shape index (κ3) is 5.63. The minimum absolute atomic E-state index is 0. The van der Waals surface area contributed by atoms with E-state index in [1.807, 2.05) is 19.1 Å². The lowest BCUT2D eigenvalue weighted by molar-refractivity contribution is -0.119. The van der Waals surface area contributed by atoms with E-state index in [9.17, 15) is 9.59 Å². The Morgan fingerprint density at radius 1 is 1.36 bits per heavy atom. The average molecular weight is 328 g/mol. The quantitative estimate of drug-likeness (QED) is 0.786. The van der Waals surface area contributed by atoms with Crippen LogP contribution in [0.15, 0.2) is 18.2 Å². The molecular formula is C15H22ClN3O3. The number of hydrogen-bond donors (Lipinski definition) is 3. The normalized spacial score (nSPS) is 17.3. The minimum Gasteiger partial charge on any atom is -0.375 e. The lowest BCUT2D eigenvalue weighted by Crippen LogP contribution is -2.40. The molecule has 0 bridgehead atoms. The second-order valence-corrected chi connectivity index (χ2v) is 5.16. The topological polar surface area (TPSA) is 79.5 Å². The number of hydrogen-bond acceptors (Lipinski definition) is 4. The molecule has 1 aliphatic heterocycles. The van der Waals surface area contributed by atoms with Gasteiger partial charge in [-0.3, -0.25) is 9.59 Å². The van der Waals surface area contributed by atoms with Gasteiger partial charge >= 0.3 is 0 Å². The third-order valence-corrected chi connectivity index (χ3v) is 3.25. The molecule has 1 atom stereocenters. The van der Waals surface area contributed by atoms with E-state index in [0.717, 1.165) is 12.1 Å². The van der Waals surface area contributed by atoms with Crippen molar-refractivity contribution < 1.29 is 14.3 Å². The van der Waals surface area contributed by atoms with Crippen molar-refractivity contribution in [2.75, 3.05) is 30.3 Å². The Kier molecular flexibility index (Phi) is 7.31. The summed E-state index contributed by atoms with van der Waals surface area (Å²) in [6.45, 7) is 5.51. The number of anilines is 2. The average Bonchev–Trinajstić information content (AvgIpc) is 2.43. The van der Waals surface area contributed by atoms with Crippen molar-refractivity contribution >= 4 is 35.6 Å². The Balaban J connectivity index is 0.00000242. The molecule has 1 heterocycles. The lowest BCUT2D eigenvalue weighted by Gasteiger charge is -2.23. The van der Waals surface area contributed by atoms with Crippen LogP contribution in [0.3, 0.4) is 0 Å². The van der Waals surface area contributed by atoms with Gasteiger partial charge in [0.1, 0.15) is 0 Å². The highest BCUT2D eigenvalue weighted by Gasteiger charge is 2.17. The van der Waals surface area contributed by atoms with Crippen LogP contribution in [0.2, 0.25) is 0 Å². The predicted molar refractivity (Wildman–Crippen MR) is 88.6 cm³/mol. The van der Waals surface area contributed by atoms with Crippen molar-refractivity contribution in [2.45, 2.75) is 26.4 Å². The second-order valence-electron chi connectivity index (χ2n) is 5.16. The van der Waals surface area contributed by atoms with E-state index in [1.165, 1.54) is 6.92 Å². The van der Waals surface area contributed by atoms with E-state index in [-0.39, 0.29) is 30.3 Å². The van der Waals surface area contributed by atoms with Gasteiger partial charge in [0, 0.05) is 31.4 Å². The largest absolute Gasteiger partial charge is 0.375 e. The van der Waals surface area contributed by atoms with Crippen molar-refractivity contribution in [3.8, 4) is 0 Å². The fourth-order valence-electron chi connectivity index (χ4n) is 2.19. The van der Waals surface area contributed by atoms with Gasteiger partial charge in [0.25, 0.3) is 0 Å². The summed E-state index contributed by atoms with van der Waals surface area (Å²) in [6, 6.07) is 5.44. The van der Waals surface area contributed by atoms with Crippen LogP contribution >= 0.6 is 12.4 Å². The number of aryl methyl sites for hydroxylation is 1. The monoisotopic (exact) mass is 327 g/mol. The van der Waals surface area contributed by atoms with Crippen LogP contribution in [0.4, 0.5) is 11.4 Å². The predicted octanol–water partition coefficient (Wildman–Crippen LogP) is 1.69. The molecule has 1 aromatic carbocycles. The minimum atomic E-state index is -0.136. The zero-order valence-corrected chi connectivity index (χ0v) is 13.6. The van der Waals surface area contributed by atoms with E-state index in [4.69, 9.17) is 4.74 Å². The van der Waals surface area contributed by atoms with Crippen LogP contribution in [0.25, 0.3) is 0 Å². The molecule has 0 radical (unpaired) electrons. The molecule has 0 aliphatic carbocycles. The summed E-state index contributed by atoms with van der Waals surface area (Å²) in [5.41, 5.74) is 2.32. The molecule has 122 valence electrons. The van der Waals surface area contributed by atoms with Crippen molar-refractivity contribution in [3.63, 3.8) is 0 Å². The summed E-state index contributed by atoms with van der Waals surface area (Å²) in [6.07, 6.45) is 0.232.